The van der Waals surface area contributed by atoms with Crippen LogP contribution in [0.25, 0.3) is 6.08 Å². The summed E-state index contributed by atoms with van der Waals surface area (Å²) in [6.07, 6.45) is 3.56. The van der Waals surface area contributed by atoms with E-state index in [1.54, 1.807) is 12.1 Å². The summed E-state index contributed by atoms with van der Waals surface area (Å²) >= 11 is 2.01. The van der Waals surface area contributed by atoms with E-state index in [0.717, 1.165) is 14.7 Å². The molecule has 1 atom stereocenters. The number of fused-ring (bicyclic) bond motifs is 1. The van der Waals surface area contributed by atoms with Gasteiger partial charge in [0, 0.05) is 3.57 Å². The van der Waals surface area contributed by atoms with E-state index in [2.05, 4.69) is 0 Å². The minimum absolute atomic E-state index is 0.0145. The Labute approximate surface area is 175 Å². The van der Waals surface area contributed by atoms with Crippen LogP contribution in [0.5, 0.6) is 5.75 Å². The summed E-state index contributed by atoms with van der Waals surface area (Å²) in [4.78, 5) is 24.9. The third-order valence-electron chi connectivity index (χ3n) is 4.00. The topological polar surface area (TPSA) is 107 Å². The lowest BCUT2D eigenvalue weighted by Gasteiger charge is -2.14. The molecule has 0 aliphatic heterocycles. The van der Waals surface area contributed by atoms with Crippen LogP contribution in [0.15, 0.2) is 48.5 Å². The third-order valence-corrected chi connectivity index (χ3v) is 5.36. The average Bonchev–Trinajstić information content (AvgIpc) is 3.05. The Kier molecular flexibility index (Phi) is 6.16. The van der Waals surface area contributed by atoms with Crippen LogP contribution in [0.4, 0.5) is 0 Å². The smallest absolute Gasteiger partial charge is 0.341 e. The number of hydrogen-bond acceptors (Lipinski definition) is 6. The Bertz CT molecular complexity index is 1060. The van der Waals surface area contributed by atoms with E-state index in [9.17, 15) is 18.0 Å². The monoisotopic (exact) mass is 514 g/mol. The van der Waals surface area contributed by atoms with Gasteiger partial charge in [-0.15, -0.1) is 0 Å². The zero-order chi connectivity index (χ0) is 20.3. The molecule has 0 saturated heterocycles. The summed E-state index contributed by atoms with van der Waals surface area (Å²) in [5, 5.41) is 0. The lowest BCUT2D eigenvalue weighted by molar-refractivity contribution is -0.134. The molecule has 0 aromatic heterocycles. The molecular formula is C19H15IO7S. The lowest BCUT2D eigenvalue weighted by Crippen LogP contribution is -2.19. The summed E-state index contributed by atoms with van der Waals surface area (Å²) in [5.41, 5.74) is 1.73. The normalized spacial score (nSPS) is 15.1. The van der Waals surface area contributed by atoms with E-state index in [-0.39, 0.29) is 11.3 Å². The summed E-state index contributed by atoms with van der Waals surface area (Å²) < 4.78 is 41.3. The third kappa shape index (κ3) is 4.97. The minimum Gasteiger partial charge on any atom is -0.461 e. The highest BCUT2D eigenvalue weighted by atomic mass is 127. The van der Waals surface area contributed by atoms with E-state index in [0.29, 0.717) is 0 Å². The highest BCUT2D eigenvalue weighted by Gasteiger charge is 2.27. The predicted octanol–water partition coefficient (Wildman–Crippen LogP) is 3.05. The molecule has 0 bridgehead atoms. The van der Waals surface area contributed by atoms with Gasteiger partial charge in [-0.3, -0.25) is 9.35 Å². The van der Waals surface area contributed by atoms with Crippen molar-refractivity contribution in [1.82, 2.24) is 0 Å². The lowest BCUT2D eigenvalue weighted by atomic mass is 10.0. The zero-order valence-corrected chi connectivity index (χ0v) is 17.3. The molecule has 0 radical (unpaired) electrons. The van der Waals surface area contributed by atoms with Crippen molar-refractivity contribution in [2.75, 3.05) is 12.4 Å². The Hall–Kier alpha value is -2.24. The molecule has 7 nitrogen and oxygen atoms in total. The largest absolute Gasteiger partial charge is 0.461 e. The first-order valence-corrected chi connectivity index (χ1v) is 10.8. The Balaban J connectivity index is 1.77. The second kappa shape index (κ2) is 8.41. The molecule has 0 heterocycles. The maximum atomic E-state index is 12.7. The van der Waals surface area contributed by atoms with E-state index in [1.165, 1.54) is 12.1 Å². The molecular weight excluding hydrogens is 499 g/mol. The highest BCUT2D eigenvalue weighted by molar-refractivity contribution is 14.1. The van der Waals surface area contributed by atoms with Gasteiger partial charge in [0.2, 0.25) is 0 Å². The number of rotatable bonds is 6. The van der Waals surface area contributed by atoms with Crippen LogP contribution >= 0.6 is 22.6 Å². The van der Waals surface area contributed by atoms with E-state index in [1.807, 2.05) is 52.9 Å². The molecule has 1 aliphatic carbocycles. The summed E-state index contributed by atoms with van der Waals surface area (Å²) in [5.74, 6) is -2.69. The van der Waals surface area contributed by atoms with Gasteiger partial charge in [0.15, 0.2) is 0 Å². The predicted molar refractivity (Wildman–Crippen MR) is 110 cm³/mol. The quantitative estimate of drug-likeness (QED) is 0.273. The van der Waals surface area contributed by atoms with Crippen LogP contribution in [0, 0.1) is 3.57 Å². The second-order valence-electron chi connectivity index (χ2n) is 5.95. The Morgan fingerprint density at radius 1 is 1.14 bits per heavy atom. The maximum absolute atomic E-state index is 12.7. The van der Waals surface area contributed by atoms with Gasteiger partial charge < -0.3 is 9.47 Å². The zero-order valence-electron chi connectivity index (χ0n) is 14.4. The van der Waals surface area contributed by atoms with E-state index in [4.69, 9.17) is 14.0 Å². The van der Waals surface area contributed by atoms with Crippen LogP contribution in [0.3, 0.4) is 0 Å². The number of esters is 2. The molecule has 1 aliphatic rings. The molecule has 2 aromatic rings. The number of carbonyl (C=O) groups is 2. The molecule has 0 amide bonds. The molecule has 3 rings (SSSR count). The van der Waals surface area contributed by atoms with Gasteiger partial charge in [0.05, 0.1) is 0 Å². The summed E-state index contributed by atoms with van der Waals surface area (Å²) in [6, 6.07) is 12.0. The fourth-order valence-electron chi connectivity index (χ4n) is 2.69. The average molecular weight is 514 g/mol. The number of halogens is 1. The Morgan fingerprint density at radius 3 is 2.64 bits per heavy atom. The molecule has 0 fully saturated rings. The molecule has 1 N–H and O–H groups in total. The van der Waals surface area contributed by atoms with Gasteiger partial charge >= 0.3 is 11.9 Å². The van der Waals surface area contributed by atoms with Crippen molar-refractivity contribution in [1.29, 1.82) is 0 Å². The van der Waals surface area contributed by atoms with Crippen molar-refractivity contribution in [2.45, 2.75) is 5.92 Å². The van der Waals surface area contributed by atoms with Gasteiger partial charge in [-0.1, -0.05) is 36.4 Å². The van der Waals surface area contributed by atoms with Gasteiger partial charge in [-0.2, -0.15) is 8.42 Å². The van der Waals surface area contributed by atoms with Crippen LogP contribution in [0.1, 0.15) is 27.4 Å². The van der Waals surface area contributed by atoms with Crippen molar-refractivity contribution in [3.8, 4) is 5.75 Å². The summed E-state index contributed by atoms with van der Waals surface area (Å²) in [6.45, 7) is -0.518. The molecule has 28 heavy (non-hydrogen) atoms. The van der Waals surface area contributed by atoms with Crippen molar-refractivity contribution in [3.63, 3.8) is 0 Å². The first-order valence-electron chi connectivity index (χ1n) is 8.15. The number of carbonyl (C=O) groups excluding carboxylic acids is 2. The number of hydrogen-bond donors (Lipinski definition) is 1. The molecule has 1 unspecified atom stereocenters. The van der Waals surface area contributed by atoms with Gasteiger partial charge in [0.25, 0.3) is 10.1 Å². The molecule has 2 aromatic carbocycles. The van der Waals surface area contributed by atoms with Crippen molar-refractivity contribution >= 4 is 50.7 Å². The van der Waals surface area contributed by atoms with E-state index >= 15 is 0 Å². The standard InChI is InChI=1S/C19H15IO7S/c20-13-6-8-16(18(21)26-9-10-28(23,24)25)17(11-13)27-19(22)15-7-5-12-3-1-2-4-14(12)15/h1-8,11,15H,9-10H2,(H,23,24,25). The van der Waals surface area contributed by atoms with E-state index < -0.39 is 40.3 Å². The van der Waals surface area contributed by atoms with Crippen LogP contribution in [-0.2, 0) is 19.6 Å². The second-order valence-corrected chi connectivity index (χ2v) is 8.77. The van der Waals surface area contributed by atoms with Crippen LogP contribution in [-0.4, -0.2) is 37.3 Å². The molecule has 0 spiro atoms. The Morgan fingerprint density at radius 2 is 1.89 bits per heavy atom. The molecule has 9 heteroatoms. The fraction of sp³-hybridized carbons (Fsp3) is 0.158. The van der Waals surface area contributed by atoms with Crippen molar-refractivity contribution < 1.29 is 32.0 Å². The summed E-state index contributed by atoms with van der Waals surface area (Å²) in [7, 11) is -4.25. The maximum Gasteiger partial charge on any atom is 0.341 e. The fourth-order valence-corrected chi connectivity index (χ4v) is 3.45. The molecule has 0 saturated carbocycles. The molecule has 146 valence electrons. The first kappa shape index (κ1) is 20.5. The van der Waals surface area contributed by atoms with Gasteiger partial charge in [0.1, 0.15) is 29.6 Å². The van der Waals surface area contributed by atoms with Crippen molar-refractivity contribution in [2.24, 2.45) is 0 Å². The SMILES string of the molecule is O=C(OCCS(=O)(=O)O)c1ccc(I)cc1OC(=O)C1C=Cc2ccccc21. The number of ether oxygens (including phenoxy) is 2. The highest BCUT2D eigenvalue weighted by Crippen LogP contribution is 2.32. The van der Waals surface area contributed by atoms with Crippen LogP contribution in [0.2, 0.25) is 0 Å². The van der Waals surface area contributed by atoms with Gasteiger partial charge in [-0.05, 0) is 51.9 Å². The van der Waals surface area contributed by atoms with Crippen LogP contribution < -0.4 is 4.74 Å². The minimum atomic E-state index is -4.25. The van der Waals surface area contributed by atoms with Crippen molar-refractivity contribution in [3.05, 3.63) is 68.8 Å². The first-order chi connectivity index (χ1) is 13.2. The van der Waals surface area contributed by atoms with Gasteiger partial charge in [-0.25, -0.2) is 4.79 Å². The number of benzene rings is 2.